The van der Waals surface area contributed by atoms with Gasteiger partial charge < -0.3 is 4.74 Å². The fourth-order valence-electron chi connectivity index (χ4n) is 1.77. The highest BCUT2D eigenvalue weighted by molar-refractivity contribution is 5.42. The van der Waals surface area contributed by atoms with Gasteiger partial charge in [0.2, 0.25) is 5.82 Å². The lowest BCUT2D eigenvalue weighted by Gasteiger charge is -2.09. The van der Waals surface area contributed by atoms with E-state index in [4.69, 9.17) is 10.00 Å². The van der Waals surface area contributed by atoms with Crippen LogP contribution in [0, 0.1) is 34.2 Å². The largest absolute Gasteiger partial charge is 0.489 e. The molecule has 0 saturated heterocycles. The summed E-state index contributed by atoms with van der Waals surface area (Å²) >= 11 is 0. The summed E-state index contributed by atoms with van der Waals surface area (Å²) in [6, 6.07) is 10.6. The Hall–Kier alpha value is -2.94. The van der Waals surface area contributed by atoms with Crippen LogP contribution in [0.25, 0.3) is 0 Å². The molecule has 0 bridgehead atoms. The van der Waals surface area contributed by atoms with E-state index in [2.05, 4.69) is 0 Å². The number of rotatable bonds is 4. The Morgan fingerprint density at radius 3 is 2.71 bits per heavy atom. The van der Waals surface area contributed by atoms with Gasteiger partial charge in [-0.05, 0) is 42.3 Å². The molecule has 0 heterocycles. The molecule has 2 rings (SSSR count). The maximum Gasteiger partial charge on any atom is 0.304 e. The van der Waals surface area contributed by atoms with E-state index >= 15 is 0 Å². The third-order valence-corrected chi connectivity index (χ3v) is 2.92. The van der Waals surface area contributed by atoms with Crippen molar-refractivity contribution < 1.29 is 14.1 Å². The fourth-order valence-corrected chi connectivity index (χ4v) is 1.77. The molecule has 0 atom stereocenters. The normalized spacial score (nSPS) is 9.95. The summed E-state index contributed by atoms with van der Waals surface area (Å²) < 4.78 is 19.0. The molecule has 0 spiro atoms. The van der Waals surface area contributed by atoms with Crippen molar-refractivity contribution in [1.82, 2.24) is 0 Å². The summed E-state index contributed by atoms with van der Waals surface area (Å²) in [4.78, 5) is 9.75. The first-order valence-corrected chi connectivity index (χ1v) is 6.07. The first-order chi connectivity index (χ1) is 10.0. The van der Waals surface area contributed by atoms with Crippen molar-refractivity contribution in [3.63, 3.8) is 0 Å². The minimum absolute atomic E-state index is 0.0602. The number of nitro benzene ring substituents is 1. The van der Waals surface area contributed by atoms with Gasteiger partial charge in [-0.3, -0.25) is 10.1 Å². The number of benzene rings is 2. The third-order valence-electron chi connectivity index (χ3n) is 2.92. The molecule has 2 aromatic carbocycles. The van der Waals surface area contributed by atoms with Crippen LogP contribution in [0.4, 0.5) is 10.1 Å². The van der Waals surface area contributed by atoms with Crippen molar-refractivity contribution >= 4 is 5.69 Å². The van der Waals surface area contributed by atoms with E-state index in [0.717, 1.165) is 17.7 Å². The van der Waals surface area contributed by atoms with E-state index < -0.39 is 16.4 Å². The van der Waals surface area contributed by atoms with E-state index in [1.54, 1.807) is 18.2 Å². The zero-order valence-electron chi connectivity index (χ0n) is 11.2. The Morgan fingerprint density at radius 1 is 1.33 bits per heavy atom. The smallest absolute Gasteiger partial charge is 0.304 e. The number of nitriles is 1. The van der Waals surface area contributed by atoms with Crippen LogP contribution in [0.3, 0.4) is 0 Å². The Labute approximate surface area is 120 Å². The van der Waals surface area contributed by atoms with Crippen molar-refractivity contribution in [3.05, 3.63) is 69.0 Å². The molecule has 6 heteroatoms. The molecule has 0 saturated carbocycles. The van der Waals surface area contributed by atoms with Crippen LogP contribution in [0.1, 0.15) is 16.7 Å². The average molecular weight is 286 g/mol. The molecule has 0 aliphatic heterocycles. The van der Waals surface area contributed by atoms with E-state index in [0.29, 0.717) is 16.9 Å². The Balaban J connectivity index is 2.15. The summed E-state index contributed by atoms with van der Waals surface area (Å²) in [6.45, 7) is 1.89. The maximum atomic E-state index is 13.5. The number of ether oxygens (including phenoxy) is 1. The lowest BCUT2D eigenvalue weighted by molar-refractivity contribution is -0.387. The van der Waals surface area contributed by atoms with Crippen molar-refractivity contribution in [2.45, 2.75) is 13.5 Å². The number of halogens is 1. The number of hydrogen-bond acceptors (Lipinski definition) is 4. The maximum absolute atomic E-state index is 13.5. The first kappa shape index (κ1) is 14.5. The van der Waals surface area contributed by atoms with Crippen LogP contribution >= 0.6 is 0 Å². The molecule has 0 unspecified atom stereocenters. The topological polar surface area (TPSA) is 76.2 Å². The highest BCUT2D eigenvalue weighted by atomic mass is 19.1. The van der Waals surface area contributed by atoms with E-state index in [1.165, 1.54) is 6.07 Å². The Morgan fingerprint density at radius 2 is 2.10 bits per heavy atom. The minimum Gasteiger partial charge on any atom is -0.489 e. The van der Waals surface area contributed by atoms with Crippen LogP contribution in [-0.4, -0.2) is 4.92 Å². The van der Waals surface area contributed by atoms with Gasteiger partial charge in [0.25, 0.3) is 0 Å². The number of aryl methyl sites for hydroxylation is 1. The van der Waals surface area contributed by atoms with Crippen LogP contribution in [-0.2, 0) is 6.61 Å². The van der Waals surface area contributed by atoms with Crippen molar-refractivity contribution in [2.75, 3.05) is 0 Å². The summed E-state index contributed by atoms with van der Waals surface area (Å²) in [5, 5.41) is 19.4. The highest BCUT2D eigenvalue weighted by Crippen LogP contribution is 2.22. The highest BCUT2D eigenvalue weighted by Gasteiger charge is 2.14. The van der Waals surface area contributed by atoms with E-state index in [-0.39, 0.29) is 6.61 Å². The minimum atomic E-state index is -0.899. The second-order valence-electron chi connectivity index (χ2n) is 4.42. The molecular weight excluding hydrogens is 275 g/mol. The molecule has 0 aliphatic rings. The summed E-state index contributed by atoms with van der Waals surface area (Å²) in [7, 11) is 0. The van der Waals surface area contributed by atoms with Gasteiger partial charge in [0.05, 0.1) is 16.6 Å². The van der Waals surface area contributed by atoms with E-state index in [9.17, 15) is 14.5 Å². The van der Waals surface area contributed by atoms with Gasteiger partial charge in [-0.15, -0.1) is 0 Å². The van der Waals surface area contributed by atoms with Gasteiger partial charge >= 0.3 is 5.69 Å². The van der Waals surface area contributed by atoms with Crippen LogP contribution in [0.15, 0.2) is 36.4 Å². The van der Waals surface area contributed by atoms with Crippen LogP contribution < -0.4 is 4.74 Å². The zero-order chi connectivity index (χ0) is 15.4. The van der Waals surface area contributed by atoms with Gasteiger partial charge in [-0.25, -0.2) is 0 Å². The second-order valence-corrected chi connectivity index (χ2v) is 4.42. The van der Waals surface area contributed by atoms with Gasteiger partial charge in [0.1, 0.15) is 12.4 Å². The molecule has 0 aliphatic carbocycles. The first-order valence-electron chi connectivity index (χ1n) is 6.07. The molecule has 2 aromatic rings. The predicted octanol–water partition coefficient (Wildman–Crippen LogP) is 3.49. The third kappa shape index (κ3) is 3.34. The summed E-state index contributed by atoms with van der Waals surface area (Å²) in [5.74, 6) is -0.378. The molecule has 0 aromatic heterocycles. The SMILES string of the molecule is Cc1ccc(C#N)cc1OCc1ccc([N+](=O)[O-])c(F)c1. The zero-order valence-corrected chi connectivity index (χ0v) is 11.2. The quantitative estimate of drug-likeness (QED) is 0.636. The van der Waals surface area contributed by atoms with Crippen molar-refractivity contribution in [1.29, 1.82) is 5.26 Å². The number of nitro groups is 1. The lowest BCUT2D eigenvalue weighted by Crippen LogP contribution is -2.00. The second kappa shape index (κ2) is 6.01. The van der Waals surface area contributed by atoms with Gasteiger partial charge in [0, 0.05) is 6.07 Å². The molecule has 5 nitrogen and oxygen atoms in total. The molecule has 106 valence electrons. The average Bonchev–Trinajstić information content (AvgIpc) is 2.46. The van der Waals surface area contributed by atoms with Crippen molar-refractivity contribution in [3.8, 4) is 11.8 Å². The van der Waals surface area contributed by atoms with Crippen molar-refractivity contribution in [2.24, 2.45) is 0 Å². The van der Waals surface area contributed by atoms with Gasteiger partial charge in [0.15, 0.2) is 0 Å². The molecule has 0 amide bonds. The monoisotopic (exact) mass is 286 g/mol. The van der Waals surface area contributed by atoms with E-state index in [1.807, 2.05) is 13.0 Å². The predicted molar refractivity (Wildman–Crippen MR) is 73.3 cm³/mol. The molecule has 21 heavy (non-hydrogen) atoms. The fraction of sp³-hybridized carbons (Fsp3) is 0.133. The molecule has 0 fully saturated rings. The number of hydrogen-bond donors (Lipinski definition) is 0. The van der Waals surface area contributed by atoms with Crippen LogP contribution in [0.5, 0.6) is 5.75 Å². The molecular formula is C15H11FN2O3. The van der Waals surface area contributed by atoms with Crippen LogP contribution in [0.2, 0.25) is 0 Å². The van der Waals surface area contributed by atoms with Gasteiger partial charge in [-0.1, -0.05) is 6.07 Å². The molecule has 0 radical (unpaired) electrons. The molecule has 0 N–H and O–H groups in total. The number of nitrogens with zero attached hydrogens (tertiary/aromatic N) is 2. The standard InChI is InChI=1S/C15H11FN2O3/c1-10-2-3-11(8-17)7-15(10)21-9-12-4-5-14(18(19)20)13(16)6-12/h2-7H,9H2,1H3. The summed E-state index contributed by atoms with van der Waals surface area (Å²) in [6.07, 6.45) is 0. The Bertz CT molecular complexity index is 738. The Kier molecular flexibility index (Phi) is 4.14. The van der Waals surface area contributed by atoms with Gasteiger partial charge in [-0.2, -0.15) is 9.65 Å². The lowest BCUT2D eigenvalue weighted by atomic mass is 10.1. The summed E-state index contributed by atoms with van der Waals surface area (Å²) in [5.41, 5.74) is 1.21.